The number of nitrogens with zero attached hydrogens (tertiary/aromatic N) is 2. The predicted octanol–water partition coefficient (Wildman–Crippen LogP) is 5.97. The molecule has 10 heteroatoms. The second kappa shape index (κ2) is 10.6. The van der Waals surface area contributed by atoms with Crippen LogP contribution >= 0.6 is 23.2 Å². The largest absolute Gasteiger partial charge is 0.423 e. The van der Waals surface area contributed by atoms with Crippen LogP contribution in [0.2, 0.25) is 10.0 Å². The Morgan fingerprint density at radius 2 is 1.74 bits per heavy atom. The zero-order valence-corrected chi connectivity index (χ0v) is 19.1. The quantitative estimate of drug-likeness (QED) is 0.112. The molecule has 1 N–H and O–H groups in total. The van der Waals surface area contributed by atoms with E-state index >= 15 is 0 Å². The smallest absolute Gasteiger partial charge is 0.343 e. The molecule has 0 radical (unpaired) electrons. The van der Waals surface area contributed by atoms with Crippen LogP contribution in [0.3, 0.4) is 0 Å². The molecule has 1 amide bonds. The number of esters is 1. The van der Waals surface area contributed by atoms with E-state index in [2.05, 4.69) is 5.32 Å². The van der Waals surface area contributed by atoms with Gasteiger partial charge in [-0.1, -0.05) is 53.0 Å². The summed E-state index contributed by atoms with van der Waals surface area (Å²) in [6.07, 6.45) is 1.28. The third-order valence-corrected chi connectivity index (χ3v) is 5.10. The second-order valence-corrected chi connectivity index (χ2v) is 7.81. The summed E-state index contributed by atoms with van der Waals surface area (Å²) in [6, 6.07) is 17.0. The molecule has 0 saturated carbocycles. The summed E-state index contributed by atoms with van der Waals surface area (Å²) < 4.78 is 5.37. The summed E-state index contributed by atoms with van der Waals surface area (Å²) in [7, 11) is 0. The number of nitro groups is 1. The lowest BCUT2D eigenvalue weighted by atomic mass is 10.1. The molecule has 0 aliphatic heterocycles. The molecule has 0 aromatic heterocycles. The van der Waals surface area contributed by atoms with Gasteiger partial charge in [-0.15, -0.1) is 0 Å². The summed E-state index contributed by atoms with van der Waals surface area (Å²) in [6.45, 7) is 1.90. The van der Waals surface area contributed by atoms with Gasteiger partial charge in [0.25, 0.3) is 11.6 Å². The number of nitrogens with one attached hydrogen (secondary N) is 1. The van der Waals surface area contributed by atoms with Gasteiger partial charge in [-0.05, 0) is 42.8 Å². The van der Waals surface area contributed by atoms with Gasteiger partial charge in [0, 0.05) is 12.1 Å². The Morgan fingerprint density at radius 1 is 1.09 bits per heavy atom. The predicted molar refractivity (Wildman–Crippen MR) is 128 cm³/mol. The Hall–Kier alpha value is -4.19. The first-order valence-electron chi connectivity index (χ1n) is 9.63. The van der Waals surface area contributed by atoms with E-state index in [1.165, 1.54) is 12.1 Å². The molecule has 0 aliphatic carbocycles. The third kappa shape index (κ3) is 5.98. The van der Waals surface area contributed by atoms with Gasteiger partial charge in [0.15, 0.2) is 0 Å². The number of ether oxygens (including phenoxy) is 1. The van der Waals surface area contributed by atoms with E-state index in [1.54, 1.807) is 48.5 Å². The summed E-state index contributed by atoms with van der Waals surface area (Å²) in [5, 5.41) is 22.4. The number of benzene rings is 3. The molecular weight excluding hydrogens is 481 g/mol. The molecule has 0 heterocycles. The number of nitro benzene ring substituents is 1. The topological polar surface area (TPSA) is 122 Å². The Balaban J connectivity index is 1.79. The highest BCUT2D eigenvalue weighted by molar-refractivity contribution is 6.40. The lowest BCUT2D eigenvalue weighted by molar-refractivity contribution is -0.384. The zero-order valence-electron chi connectivity index (χ0n) is 17.5. The fourth-order valence-electron chi connectivity index (χ4n) is 2.80. The van der Waals surface area contributed by atoms with Crippen molar-refractivity contribution in [1.82, 2.24) is 0 Å². The van der Waals surface area contributed by atoms with Gasteiger partial charge >= 0.3 is 5.97 Å². The Kier molecular flexibility index (Phi) is 7.64. The third-order valence-electron chi connectivity index (χ3n) is 4.51. The SMILES string of the molecule is Cc1ccc(C(=O)Oc2cccc(/C=C(\C#N)C(=O)Nc3c(Cl)cc([N+](=O)[O-])cc3Cl)c2)cc1. The summed E-state index contributed by atoms with van der Waals surface area (Å²) in [5.41, 5.74) is 1.08. The van der Waals surface area contributed by atoms with Crippen LogP contribution < -0.4 is 10.1 Å². The van der Waals surface area contributed by atoms with Gasteiger partial charge in [0.1, 0.15) is 17.4 Å². The zero-order chi connectivity index (χ0) is 24.8. The van der Waals surface area contributed by atoms with Crippen molar-refractivity contribution in [3.63, 3.8) is 0 Å². The summed E-state index contributed by atoms with van der Waals surface area (Å²) >= 11 is 12.0. The standard InChI is InChI=1S/C24H15Cl2N3O5/c1-14-5-7-16(8-6-14)24(31)34-19-4-2-3-15(10-19)9-17(13-27)23(30)28-22-20(25)11-18(29(32)33)12-21(22)26/h2-12H,1H3,(H,28,30)/b17-9+. The number of carbonyl (C=O) groups is 2. The highest BCUT2D eigenvalue weighted by Crippen LogP contribution is 2.35. The normalized spacial score (nSPS) is 10.8. The van der Waals surface area contributed by atoms with Crippen molar-refractivity contribution in [2.45, 2.75) is 6.92 Å². The van der Waals surface area contributed by atoms with Crippen molar-refractivity contribution in [2.24, 2.45) is 0 Å². The van der Waals surface area contributed by atoms with Gasteiger partial charge in [0.2, 0.25) is 0 Å². The lowest BCUT2D eigenvalue weighted by Gasteiger charge is -2.09. The monoisotopic (exact) mass is 495 g/mol. The minimum Gasteiger partial charge on any atom is -0.423 e. The molecule has 3 aromatic rings. The first kappa shape index (κ1) is 24.5. The Morgan fingerprint density at radius 3 is 2.32 bits per heavy atom. The van der Waals surface area contributed by atoms with Crippen molar-refractivity contribution >= 4 is 52.5 Å². The summed E-state index contributed by atoms with van der Waals surface area (Å²) in [5.74, 6) is -1.16. The van der Waals surface area contributed by atoms with Gasteiger partial charge in [-0.2, -0.15) is 5.26 Å². The molecule has 0 unspecified atom stereocenters. The number of halogens is 2. The molecule has 3 aromatic carbocycles. The Bertz CT molecular complexity index is 1340. The molecule has 0 fully saturated rings. The average Bonchev–Trinajstić information content (AvgIpc) is 2.80. The van der Waals surface area contributed by atoms with Crippen molar-refractivity contribution in [3.8, 4) is 11.8 Å². The number of anilines is 1. The number of aryl methyl sites for hydroxylation is 1. The van der Waals surface area contributed by atoms with Gasteiger partial charge < -0.3 is 10.1 Å². The molecule has 0 spiro atoms. The average molecular weight is 496 g/mol. The number of rotatable bonds is 6. The van der Waals surface area contributed by atoms with E-state index in [-0.39, 0.29) is 32.7 Å². The number of hydrogen-bond donors (Lipinski definition) is 1. The molecule has 0 bridgehead atoms. The van der Waals surface area contributed by atoms with E-state index < -0.39 is 16.8 Å². The highest BCUT2D eigenvalue weighted by Gasteiger charge is 2.18. The van der Waals surface area contributed by atoms with Crippen LogP contribution in [0.1, 0.15) is 21.5 Å². The van der Waals surface area contributed by atoms with Crippen LogP contribution in [-0.2, 0) is 4.79 Å². The molecule has 34 heavy (non-hydrogen) atoms. The minimum atomic E-state index is -0.831. The van der Waals surface area contributed by atoms with E-state index in [0.717, 1.165) is 17.7 Å². The maximum Gasteiger partial charge on any atom is 0.343 e. The van der Waals surface area contributed by atoms with E-state index in [9.17, 15) is 25.0 Å². The van der Waals surface area contributed by atoms with Gasteiger partial charge in [0.05, 0.1) is 26.2 Å². The fraction of sp³-hybridized carbons (Fsp3) is 0.0417. The number of carbonyl (C=O) groups excluding carboxylic acids is 2. The number of non-ortho nitro benzene ring substituents is 1. The van der Waals surface area contributed by atoms with Crippen LogP contribution in [0.25, 0.3) is 6.08 Å². The van der Waals surface area contributed by atoms with Gasteiger partial charge in [-0.3, -0.25) is 14.9 Å². The number of hydrogen-bond acceptors (Lipinski definition) is 6. The molecule has 0 atom stereocenters. The molecular formula is C24H15Cl2N3O5. The highest BCUT2D eigenvalue weighted by atomic mass is 35.5. The Labute approximate surface area is 204 Å². The lowest BCUT2D eigenvalue weighted by Crippen LogP contribution is -2.14. The van der Waals surface area contributed by atoms with Crippen molar-refractivity contribution in [2.75, 3.05) is 5.32 Å². The van der Waals surface area contributed by atoms with Gasteiger partial charge in [-0.25, -0.2) is 4.79 Å². The van der Waals surface area contributed by atoms with Crippen LogP contribution in [0.15, 0.2) is 66.2 Å². The van der Waals surface area contributed by atoms with Crippen LogP contribution in [-0.4, -0.2) is 16.8 Å². The van der Waals surface area contributed by atoms with E-state index in [4.69, 9.17) is 27.9 Å². The summed E-state index contributed by atoms with van der Waals surface area (Å²) in [4.78, 5) is 35.2. The molecule has 170 valence electrons. The maximum absolute atomic E-state index is 12.6. The molecule has 8 nitrogen and oxygen atoms in total. The first-order chi connectivity index (χ1) is 16.2. The molecule has 0 aliphatic rings. The van der Waals surface area contributed by atoms with Crippen LogP contribution in [0.5, 0.6) is 5.75 Å². The maximum atomic E-state index is 12.6. The van der Waals surface area contributed by atoms with Crippen molar-refractivity contribution in [1.29, 1.82) is 5.26 Å². The van der Waals surface area contributed by atoms with Crippen molar-refractivity contribution in [3.05, 3.63) is 103 Å². The fourth-order valence-corrected chi connectivity index (χ4v) is 3.37. The van der Waals surface area contributed by atoms with E-state index in [0.29, 0.717) is 11.1 Å². The first-order valence-corrected chi connectivity index (χ1v) is 10.4. The molecule has 3 rings (SSSR count). The number of nitriles is 1. The van der Waals surface area contributed by atoms with E-state index in [1.807, 2.05) is 6.92 Å². The molecule has 0 saturated heterocycles. The minimum absolute atomic E-state index is 0.0686. The second-order valence-electron chi connectivity index (χ2n) is 6.99. The van der Waals surface area contributed by atoms with Crippen molar-refractivity contribution < 1.29 is 19.2 Å². The van der Waals surface area contributed by atoms with Crippen LogP contribution in [0, 0.1) is 28.4 Å². The van der Waals surface area contributed by atoms with Crippen LogP contribution in [0.4, 0.5) is 11.4 Å². The number of amides is 1.